The first-order valence-electron chi connectivity index (χ1n) is 10.7. The Balaban J connectivity index is 1.23. The summed E-state index contributed by atoms with van der Waals surface area (Å²) in [6, 6.07) is 20.3. The molecule has 0 atom stereocenters. The number of halogens is 1. The van der Waals surface area contributed by atoms with Crippen molar-refractivity contribution in [2.24, 2.45) is 0 Å². The number of nitrogens with one attached hydrogen (secondary N) is 2. The van der Waals surface area contributed by atoms with E-state index in [1.54, 1.807) is 49.8 Å². The summed E-state index contributed by atoms with van der Waals surface area (Å²) in [6.07, 6.45) is 2.11. The van der Waals surface area contributed by atoms with Gasteiger partial charge in [-0.15, -0.1) is 0 Å². The second-order valence-electron chi connectivity index (χ2n) is 7.45. The number of benzene rings is 3. The van der Waals surface area contributed by atoms with Gasteiger partial charge in [-0.1, -0.05) is 18.2 Å². The van der Waals surface area contributed by atoms with Crippen molar-refractivity contribution in [2.45, 2.75) is 13.0 Å². The maximum atomic E-state index is 13.0. The molecule has 0 bridgehead atoms. The summed E-state index contributed by atoms with van der Waals surface area (Å²) in [6.45, 7) is 0.688. The van der Waals surface area contributed by atoms with Crippen LogP contribution in [0.1, 0.15) is 11.3 Å². The summed E-state index contributed by atoms with van der Waals surface area (Å²) < 4.78 is 29.4. The van der Waals surface area contributed by atoms with Gasteiger partial charge in [0.25, 0.3) is 0 Å². The molecule has 0 aliphatic rings. The van der Waals surface area contributed by atoms with E-state index in [4.69, 9.17) is 13.9 Å². The average Bonchev–Trinajstić information content (AvgIpc) is 3.33. The Morgan fingerprint density at radius 2 is 1.82 bits per heavy atom. The van der Waals surface area contributed by atoms with Crippen LogP contribution in [0.5, 0.6) is 11.5 Å². The molecule has 174 valence electrons. The van der Waals surface area contributed by atoms with Gasteiger partial charge in [-0.3, -0.25) is 0 Å². The highest BCUT2D eigenvalue weighted by atomic mass is 19.1. The smallest absolute Gasteiger partial charge is 0.319 e. The van der Waals surface area contributed by atoms with Crippen molar-refractivity contribution in [3.8, 4) is 23.0 Å². The zero-order valence-electron chi connectivity index (χ0n) is 18.6. The highest BCUT2D eigenvalue weighted by Crippen LogP contribution is 2.22. The molecule has 1 aromatic heterocycles. The number of amides is 2. The largest absolute Gasteiger partial charge is 0.497 e. The van der Waals surface area contributed by atoms with E-state index >= 15 is 0 Å². The minimum Gasteiger partial charge on any atom is -0.497 e. The Bertz CT molecular complexity index is 1220. The normalized spacial score (nSPS) is 10.5. The van der Waals surface area contributed by atoms with Crippen molar-refractivity contribution in [2.75, 3.05) is 19.0 Å². The lowest BCUT2D eigenvalue weighted by Crippen LogP contribution is -2.30. The molecule has 0 saturated carbocycles. The number of nitrogens with zero attached hydrogens (tertiary/aromatic N) is 1. The molecule has 0 saturated heterocycles. The van der Waals surface area contributed by atoms with E-state index in [0.717, 1.165) is 22.6 Å². The Hall–Kier alpha value is -4.33. The zero-order chi connectivity index (χ0) is 23.8. The van der Waals surface area contributed by atoms with E-state index in [1.165, 1.54) is 12.1 Å². The monoisotopic (exact) mass is 461 g/mol. The van der Waals surface area contributed by atoms with Gasteiger partial charge in [0, 0.05) is 30.3 Å². The van der Waals surface area contributed by atoms with Crippen molar-refractivity contribution >= 4 is 11.7 Å². The third-order valence-electron chi connectivity index (χ3n) is 4.97. The van der Waals surface area contributed by atoms with Gasteiger partial charge in [-0.05, 0) is 54.1 Å². The fourth-order valence-corrected chi connectivity index (χ4v) is 3.18. The van der Waals surface area contributed by atoms with E-state index in [9.17, 15) is 9.18 Å². The summed E-state index contributed by atoms with van der Waals surface area (Å²) in [7, 11) is 1.61. The molecular weight excluding hydrogens is 437 g/mol. The second kappa shape index (κ2) is 11.0. The topological polar surface area (TPSA) is 85.6 Å². The highest BCUT2D eigenvalue weighted by Gasteiger charge is 2.08. The fraction of sp³-hybridized carbons (Fsp3) is 0.154. The number of aromatic nitrogens is 1. The molecule has 0 unspecified atom stereocenters. The minimum atomic E-state index is -0.338. The Labute approximate surface area is 196 Å². The molecule has 4 rings (SSSR count). The first-order chi connectivity index (χ1) is 16.6. The SMILES string of the molecule is COc1ccc(-c2nc(CCNC(=O)Nc3cccc(OCc4ccc(F)cc4)c3)co2)cc1. The van der Waals surface area contributed by atoms with Gasteiger partial charge in [0.15, 0.2) is 0 Å². The van der Waals surface area contributed by atoms with Gasteiger partial charge in [0.2, 0.25) is 5.89 Å². The minimum absolute atomic E-state index is 0.290. The van der Waals surface area contributed by atoms with Gasteiger partial charge in [0.1, 0.15) is 30.2 Å². The standard InChI is InChI=1S/C26H24FN3O4/c1-32-23-11-7-19(8-12-23)25-29-22(17-34-25)13-14-28-26(31)30-21-3-2-4-24(15-21)33-16-18-5-9-20(27)10-6-18/h2-12,15,17H,13-14,16H2,1H3,(H2,28,30,31). The van der Waals surface area contributed by atoms with Crippen molar-refractivity contribution in [1.29, 1.82) is 0 Å². The maximum Gasteiger partial charge on any atom is 0.319 e. The van der Waals surface area contributed by atoms with Gasteiger partial charge < -0.3 is 24.5 Å². The van der Waals surface area contributed by atoms with E-state index < -0.39 is 0 Å². The van der Waals surface area contributed by atoms with Gasteiger partial charge >= 0.3 is 6.03 Å². The molecular formula is C26H24FN3O4. The van der Waals surface area contributed by atoms with Crippen LogP contribution in [-0.4, -0.2) is 24.7 Å². The summed E-state index contributed by atoms with van der Waals surface area (Å²) in [5, 5.41) is 5.58. The van der Waals surface area contributed by atoms with Crippen LogP contribution >= 0.6 is 0 Å². The number of anilines is 1. The third-order valence-corrected chi connectivity index (χ3v) is 4.97. The lowest BCUT2D eigenvalue weighted by Gasteiger charge is -2.10. The number of ether oxygens (including phenoxy) is 2. The van der Waals surface area contributed by atoms with Gasteiger partial charge in [0.05, 0.1) is 12.8 Å². The molecule has 1 heterocycles. The van der Waals surface area contributed by atoms with Crippen LogP contribution in [-0.2, 0) is 13.0 Å². The molecule has 34 heavy (non-hydrogen) atoms. The molecule has 0 aliphatic heterocycles. The molecule has 0 fully saturated rings. The Kier molecular flexibility index (Phi) is 7.39. The molecule has 0 spiro atoms. The number of hydrogen-bond donors (Lipinski definition) is 2. The van der Waals surface area contributed by atoms with Crippen LogP contribution in [0.3, 0.4) is 0 Å². The van der Waals surface area contributed by atoms with Crippen LogP contribution in [0.2, 0.25) is 0 Å². The van der Waals surface area contributed by atoms with Crippen LogP contribution in [0, 0.1) is 5.82 Å². The summed E-state index contributed by atoms with van der Waals surface area (Å²) >= 11 is 0. The van der Waals surface area contributed by atoms with E-state index in [-0.39, 0.29) is 11.8 Å². The molecule has 0 aliphatic carbocycles. The van der Waals surface area contributed by atoms with Gasteiger partial charge in [-0.2, -0.15) is 0 Å². The summed E-state index contributed by atoms with van der Waals surface area (Å²) in [5.41, 5.74) is 3.03. The van der Waals surface area contributed by atoms with Crippen molar-refractivity contribution in [3.63, 3.8) is 0 Å². The van der Waals surface area contributed by atoms with E-state index in [1.807, 2.05) is 24.3 Å². The van der Waals surface area contributed by atoms with E-state index in [0.29, 0.717) is 36.9 Å². The van der Waals surface area contributed by atoms with Crippen molar-refractivity contribution in [3.05, 3.63) is 96.1 Å². The summed E-state index contributed by atoms with van der Waals surface area (Å²) in [4.78, 5) is 16.7. The second-order valence-corrected chi connectivity index (χ2v) is 7.45. The van der Waals surface area contributed by atoms with E-state index in [2.05, 4.69) is 15.6 Å². The number of carbonyl (C=O) groups is 1. The molecule has 0 radical (unpaired) electrons. The Morgan fingerprint density at radius 1 is 1.03 bits per heavy atom. The maximum absolute atomic E-state index is 13.0. The quantitative estimate of drug-likeness (QED) is 0.347. The predicted octanol–water partition coefficient (Wildman–Crippen LogP) is 5.43. The lowest BCUT2D eigenvalue weighted by molar-refractivity contribution is 0.252. The highest BCUT2D eigenvalue weighted by molar-refractivity contribution is 5.89. The number of carbonyl (C=O) groups excluding carboxylic acids is 1. The van der Waals surface area contributed by atoms with Crippen LogP contribution < -0.4 is 20.1 Å². The predicted molar refractivity (Wildman–Crippen MR) is 126 cm³/mol. The summed E-state index contributed by atoms with van der Waals surface area (Å²) in [5.74, 6) is 1.58. The Morgan fingerprint density at radius 3 is 2.59 bits per heavy atom. The number of oxazole rings is 1. The van der Waals surface area contributed by atoms with Crippen molar-refractivity contribution < 1.29 is 23.1 Å². The van der Waals surface area contributed by atoms with Crippen molar-refractivity contribution in [1.82, 2.24) is 10.3 Å². The van der Waals surface area contributed by atoms with Gasteiger partial charge in [-0.25, -0.2) is 14.2 Å². The first-order valence-corrected chi connectivity index (χ1v) is 10.7. The average molecular weight is 461 g/mol. The number of rotatable bonds is 9. The molecule has 2 amide bonds. The number of methoxy groups -OCH3 is 1. The molecule has 2 N–H and O–H groups in total. The molecule has 4 aromatic rings. The molecule has 3 aromatic carbocycles. The zero-order valence-corrected chi connectivity index (χ0v) is 18.6. The molecule has 8 heteroatoms. The third kappa shape index (κ3) is 6.35. The fourth-order valence-electron chi connectivity index (χ4n) is 3.18. The van der Waals surface area contributed by atoms with Crippen LogP contribution in [0.4, 0.5) is 14.9 Å². The lowest BCUT2D eigenvalue weighted by atomic mass is 10.2. The van der Waals surface area contributed by atoms with Crippen LogP contribution in [0.15, 0.2) is 83.5 Å². The first kappa shape index (κ1) is 22.8. The number of hydrogen-bond acceptors (Lipinski definition) is 5. The van der Waals surface area contributed by atoms with Crippen LogP contribution in [0.25, 0.3) is 11.5 Å². The number of urea groups is 1. The molecule has 7 nitrogen and oxygen atoms in total.